The fourth-order valence-corrected chi connectivity index (χ4v) is 5.48. The van der Waals surface area contributed by atoms with Gasteiger partial charge in [-0.15, -0.1) is 11.3 Å². The highest BCUT2D eigenvalue weighted by Crippen LogP contribution is 2.49. The summed E-state index contributed by atoms with van der Waals surface area (Å²) in [6, 6.07) is 20.8. The van der Waals surface area contributed by atoms with Crippen molar-refractivity contribution in [2.45, 2.75) is 12.0 Å². The third-order valence-electron chi connectivity index (χ3n) is 5.72. The molecule has 3 nitrogen and oxygen atoms in total. The standard InChI is InChI=1S/C22H16N2OS/c25-22-14-7-2-1-6-13(14)21-20-19(15-8-3-4-9-17(15)23-20)16(12-24(21)22)18-10-5-11-26-18/h1-11,16,21,23H,12H2/t16-,21+/m1/s1. The van der Waals surface area contributed by atoms with E-state index >= 15 is 0 Å². The van der Waals surface area contributed by atoms with Gasteiger partial charge in [-0.3, -0.25) is 4.79 Å². The molecular weight excluding hydrogens is 340 g/mol. The van der Waals surface area contributed by atoms with Crippen LogP contribution in [0.25, 0.3) is 10.9 Å². The molecule has 1 amide bonds. The highest BCUT2D eigenvalue weighted by Gasteiger charge is 2.45. The average molecular weight is 356 g/mol. The van der Waals surface area contributed by atoms with Crippen LogP contribution in [0, 0.1) is 0 Å². The molecule has 4 aromatic rings. The molecular formula is C22H16N2OS. The number of thiophene rings is 1. The lowest BCUT2D eigenvalue weighted by atomic mass is 9.86. The van der Waals surface area contributed by atoms with E-state index in [0.717, 1.165) is 23.2 Å². The van der Waals surface area contributed by atoms with Crippen molar-refractivity contribution >= 4 is 28.1 Å². The van der Waals surface area contributed by atoms with Crippen molar-refractivity contribution in [2.75, 3.05) is 6.54 Å². The number of H-pyrrole nitrogens is 1. The number of carbonyl (C=O) groups excluding carboxylic acids is 1. The summed E-state index contributed by atoms with van der Waals surface area (Å²) in [4.78, 5) is 20.1. The Bertz CT molecular complexity index is 1160. The first-order valence-corrected chi connectivity index (χ1v) is 9.74. The van der Waals surface area contributed by atoms with Crippen molar-refractivity contribution in [1.82, 2.24) is 9.88 Å². The monoisotopic (exact) mass is 356 g/mol. The number of aromatic nitrogens is 1. The van der Waals surface area contributed by atoms with Crippen LogP contribution in [-0.4, -0.2) is 22.3 Å². The van der Waals surface area contributed by atoms with E-state index in [2.05, 4.69) is 52.8 Å². The number of nitrogens with one attached hydrogen (secondary N) is 1. The number of rotatable bonds is 1. The maximum atomic E-state index is 13.1. The lowest BCUT2D eigenvalue weighted by Crippen LogP contribution is -2.37. The number of nitrogens with zero attached hydrogens (tertiary/aromatic N) is 1. The number of para-hydroxylation sites is 1. The minimum Gasteiger partial charge on any atom is -0.356 e. The van der Waals surface area contributed by atoms with Crippen LogP contribution in [0.4, 0.5) is 0 Å². The van der Waals surface area contributed by atoms with Crippen LogP contribution in [0.1, 0.15) is 44.0 Å². The third-order valence-corrected chi connectivity index (χ3v) is 6.71. The summed E-state index contributed by atoms with van der Waals surface area (Å²) < 4.78 is 0. The Morgan fingerprint density at radius 2 is 1.85 bits per heavy atom. The topological polar surface area (TPSA) is 36.1 Å². The number of amides is 1. The molecule has 0 spiro atoms. The van der Waals surface area contributed by atoms with Crippen molar-refractivity contribution in [1.29, 1.82) is 0 Å². The molecule has 4 heteroatoms. The molecule has 0 fully saturated rings. The van der Waals surface area contributed by atoms with Gasteiger partial charge in [-0.2, -0.15) is 0 Å². The molecule has 6 rings (SSSR count). The smallest absolute Gasteiger partial charge is 0.255 e. The van der Waals surface area contributed by atoms with Gasteiger partial charge in [0, 0.05) is 39.5 Å². The van der Waals surface area contributed by atoms with Crippen LogP contribution in [0.3, 0.4) is 0 Å². The second kappa shape index (κ2) is 5.08. The number of benzene rings is 2. The van der Waals surface area contributed by atoms with Crippen LogP contribution in [-0.2, 0) is 0 Å². The summed E-state index contributed by atoms with van der Waals surface area (Å²) in [5.74, 6) is 0.368. The molecule has 2 aliphatic heterocycles. The fourth-order valence-electron chi connectivity index (χ4n) is 4.66. The molecule has 26 heavy (non-hydrogen) atoms. The van der Waals surface area contributed by atoms with E-state index in [1.807, 2.05) is 23.1 Å². The summed E-state index contributed by atoms with van der Waals surface area (Å²) in [5.41, 5.74) is 5.64. The highest BCUT2D eigenvalue weighted by molar-refractivity contribution is 7.10. The van der Waals surface area contributed by atoms with E-state index in [4.69, 9.17) is 0 Å². The van der Waals surface area contributed by atoms with Gasteiger partial charge in [0.25, 0.3) is 5.91 Å². The van der Waals surface area contributed by atoms with Crippen LogP contribution >= 0.6 is 11.3 Å². The Kier molecular flexibility index (Phi) is 2.80. The first-order valence-electron chi connectivity index (χ1n) is 8.86. The zero-order valence-electron chi connectivity index (χ0n) is 14.0. The number of carbonyl (C=O) groups is 1. The zero-order chi connectivity index (χ0) is 17.3. The van der Waals surface area contributed by atoms with Gasteiger partial charge >= 0.3 is 0 Å². The molecule has 0 bridgehead atoms. The summed E-state index contributed by atoms with van der Waals surface area (Å²) >= 11 is 1.77. The lowest BCUT2D eigenvalue weighted by molar-refractivity contribution is 0.0728. The van der Waals surface area contributed by atoms with Gasteiger partial charge in [0.05, 0.1) is 6.04 Å². The number of hydrogen-bond donors (Lipinski definition) is 1. The van der Waals surface area contributed by atoms with Crippen LogP contribution in [0.2, 0.25) is 0 Å². The molecule has 0 aliphatic carbocycles. The quantitative estimate of drug-likeness (QED) is 0.516. The van der Waals surface area contributed by atoms with Crippen LogP contribution < -0.4 is 0 Å². The molecule has 0 radical (unpaired) electrons. The van der Waals surface area contributed by atoms with E-state index in [1.54, 1.807) is 11.3 Å². The molecule has 126 valence electrons. The number of fused-ring (bicyclic) bond motifs is 7. The molecule has 2 aliphatic rings. The Morgan fingerprint density at radius 3 is 2.73 bits per heavy atom. The first-order chi connectivity index (χ1) is 12.8. The predicted octanol–water partition coefficient (Wildman–Crippen LogP) is 4.92. The molecule has 4 heterocycles. The van der Waals surface area contributed by atoms with Crippen molar-refractivity contribution in [3.63, 3.8) is 0 Å². The van der Waals surface area contributed by atoms with Crippen LogP contribution in [0.5, 0.6) is 0 Å². The summed E-state index contributed by atoms with van der Waals surface area (Å²) in [6.45, 7) is 0.730. The maximum absolute atomic E-state index is 13.1. The molecule has 2 atom stereocenters. The van der Waals surface area contributed by atoms with Gasteiger partial charge in [-0.1, -0.05) is 42.5 Å². The van der Waals surface area contributed by atoms with Crippen molar-refractivity contribution in [2.24, 2.45) is 0 Å². The lowest BCUT2D eigenvalue weighted by Gasteiger charge is -2.35. The largest absolute Gasteiger partial charge is 0.356 e. The molecule has 2 aromatic carbocycles. The van der Waals surface area contributed by atoms with Gasteiger partial charge in [0.1, 0.15) is 0 Å². The Balaban J connectivity index is 1.67. The predicted molar refractivity (Wildman–Crippen MR) is 104 cm³/mol. The maximum Gasteiger partial charge on any atom is 0.255 e. The molecule has 2 aromatic heterocycles. The normalized spacial score (nSPS) is 20.9. The van der Waals surface area contributed by atoms with Gasteiger partial charge < -0.3 is 9.88 Å². The van der Waals surface area contributed by atoms with E-state index in [9.17, 15) is 4.79 Å². The molecule has 0 saturated heterocycles. The van der Waals surface area contributed by atoms with Gasteiger partial charge in [-0.25, -0.2) is 0 Å². The Morgan fingerprint density at radius 1 is 1.00 bits per heavy atom. The summed E-state index contributed by atoms with van der Waals surface area (Å²) in [5, 5.41) is 3.40. The second-order valence-electron chi connectivity index (χ2n) is 7.01. The molecule has 0 unspecified atom stereocenters. The van der Waals surface area contributed by atoms with Gasteiger partial charge in [0.15, 0.2) is 0 Å². The number of hydrogen-bond acceptors (Lipinski definition) is 2. The van der Waals surface area contributed by atoms with E-state index in [-0.39, 0.29) is 17.9 Å². The summed E-state index contributed by atoms with van der Waals surface area (Å²) in [6.07, 6.45) is 0. The molecule has 0 saturated carbocycles. The second-order valence-corrected chi connectivity index (χ2v) is 7.99. The van der Waals surface area contributed by atoms with Gasteiger partial charge in [0.2, 0.25) is 0 Å². The van der Waals surface area contributed by atoms with Crippen LogP contribution in [0.15, 0.2) is 66.0 Å². The van der Waals surface area contributed by atoms with E-state index in [1.165, 1.54) is 21.5 Å². The molecule has 1 N–H and O–H groups in total. The first kappa shape index (κ1) is 14.3. The Hall–Kier alpha value is -2.85. The number of aromatic amines is 1. The third kappa shape index (κ3) is 1.75. The minimum absolute atomic E-state index is 0.00249. The fraction of sp³-hybridized carbons (Fsp3) is 0.136. The minimum atomic E-state index is -0.00249. The Labute approximate surface area is 154 Å². The van der Waals surface area contributed by atoms with Crippen molar-refractivity contribution < 1.29 is 4.79 Å². The SMILES string of the molecule is O=C1c2ccccc2[C@H]2c3[nH]c4ccccc4c3[C@@H](c3cccs3)CN12. The average Bonchev–Trinajstić information content (AvgIpc) is 3.39. The van der Waals surface area contributed by atoms with E-state index < -0.39 is 0 Å². The van der Waals surface area contributed by atoms with Gasteiger partial charge in [-0.05, 0) is 34.7 Å². The highest BCUT2D eigenvalue weighted by atomic mass is 32.1. The zero-order valence-corrected chi connectivity index (χ0v) is 14.8. The van der Waals surface area contributed by atoms with Crippen molar-refractivity contribution in [3.05, 3.63) is 93.3 Å². The van der Waals surface area contributed by atoms with E-state index in [0.29, 0.717) is 0 Å². The van der Waals surface area contributed by atoms with Crippen molar-refractivity contribution in [3.8, 4) is 0 Å². The summed E-state index contributed by atoms with van der Waals surface area (Å²) in [7, 11) is 0.